The van der Waals surface area contributed by atoms with Crippen molar-refractivity contribution in [1.29, 1.82) is 0 Å². The van der Waals surface area contributed by atoms with Gasteiger partial charge < -0.3 is 25.5 Å². The molecule has 4 N–H and O–H groups in total. The molecule has 0 fully saturated rings. The summed E-state index contributed by atoms with van der Waals surface area (Å²) in [7, 11) is 0. The third-order valence-corrected chi connectivity index (χ3v) is 2.07. The van der Waals surface area contributed by atoms with Crippen LogP contribution >= 0.6 is 0 Å². The molecular weight excluding hydrogens is 271 g/mol. The first kappa shape index (κ1) is 19.9. The number of nitrogens with zero attached hydrogens (tertiary/aromatic N) is 1. The first-order valence-electron chi connectivity index (χ1n) is 4.60. The number of hydrogen-bond acceptors (Lipinski definition) is 5. The summed E-state index contributed by atoms with van der Waals surface area (Å²) in [6, 6.07) is -0.597. The van der Waals surface area contributed by atoms with Crippen molar-refractivity contribution in [3.63, 3.8) is 0 Å². The van der Waals surface area contributed by atoms with Crippen molar-refractivity contribution in [3.05, 3.63) is 32.1 Å². The van der Waals surface area contributed by atoms with Gasteiger partial charge in [-0.25, -0.2) is 9.59 Å². The molecule has 10 heteroatoms. The van der Waals surface area contributed by atoms with Crippen LogP contribution in [-0.4, -0.2) is 32.1 Å². The van der Waals surface area contributed by atoms with Gasteiger partial charge in [0.1, 0.15) is 0 Å². The zero-order valence-corrected chi connectivity index (χ0v) is 12.5. The zero-order chi connectivity index (χ0) is 13.3. The SMILES string of the molecule is CC(C)n1c(=O)[nH]c(C(=O)[O-])c(C(=O)O)c1=O.O.[Na+]. The van der Waals surface area contributed by atoms with Gasteiger partial charge in [0.15, 0.2) is 5.56 Å². The number of rotatable bonds is 3. The number of aromatic carboxylic acids is 2. The summed E-state index contributed by atoms with van der Waals surface area (Å²) in [5.41, 5.74) is -4.20. The molecule has 0 spiro atoms. The first-order chi connectivity index (χ1) is 7.77. The Hall–Kier alpha value is -1.42. The summed E-state index contributed by atoms with van der Waals surface area (Å²) >= 11 is 0. The Morgan fingerprint density at radius 1 is 1.32 bits per heavy atom. The minimum Gasteiger partial charge on any atom is -0.543 e. The fourth-order valence-electron chi connectivity index (χ4n) is 1.37. The van der Waals surface area contributed by atoms with Crippen molar-refractivity contribution in [2.75, 3.05) is 0 Å². The summed E-state index contributed by atoms with van der Waals surface area (Å²) in [5.74, 6) is -3.66. The molecule has 0 aliphatic heterocycles. The van der Waals surface area contributed by atoms with Crippen LogP contribution in [0, 0.1) is 0 Å². The Kier molecular flexibility index (Phi) is 7.58. The molecule has 0 amide bonds. The fraction of sp³-hybridized carbons (Fsp3) is 0.333. The molecule has 0 aromatic carbocycles. The summed E-state index contributed by atoms with van der Waals surface area (Å²) in [4.78, 5) is 46.3. The van der Waals surface area contributed by atoms with E-state index in [0.717, 1.165) is 0 Å². The van der Waals surface area contributed by atoms with Crippen molar-refractivity contribution in [2.24, 2.45) is 0 Å². The largest absolute Gasteiger partial charge is 1.00 e. The molecule has 1 heterocycles. The second kappa shape index (κ2) is 7.24. The van der Waals surface area contributed by atoms with Crippen molar-refractivity contribution in [1.82, 2.24) is 9.55 Å². The van der Waals surface area contributed by atoms with E-state index in [9.17, 15) is 24.3 Å². The Morgan fingerprint density at radius 3 is 2.11 bits per heavy atom. The molecule has 9 nitrogen and oxygen atoms in total. The van der Waals surface area contributed by atoms with Crippen LogP contribution in [-0.2, 0) is 0 Å². The number of carbonyl (C=O) groups is 2. The van der Waals surface area contributed by atoms with Gasteiger partial charge in [-0.05, 0) is 13.8 Å². The summed E-state index contributed by atoms with van der Waals surface area (Å²) in [6.07, 6.45) is 0. The third-order valence-electron chi connectivity index (χ3n) is 2.07. The molecule has 0 atom stereocenters. The van der Waals surface area contributed by atoms with Crippen LogP contribution in [0.2, 0.25) is 0 Å². The van der Waals surface area contributed by atoms with Crippen molar-refractivity contribution in [2.45, 2.75) is 19.9 Å². The topological polar surface area (TPSA) is 164 Å². The Labute approximate surface area is 128 Å². The maximum Gasteiger partial charge on any atom is 1.00 e. The van der Waals surface area contributed by atoms with Gasteiger partial charge >= 0.3 is 41.2 Å². The number of aromatic amines is 1. The molecular formula is C9H11N2NaO7. The van der Waals surface area contributed by atoms with Crippen LogP contribution in [0.15, 0.2) is 9.59 Å². The number of hydrogen-bond donors (Lipinski definition) is 2. The van der Waals surface area contributed by atoms with Crippen molar-refractivity contribution < 1.29 is 54.8 Å². The molecule has 0 saturated heterocycles. The third kappa shape index (κ3) is 3.77. The fourth-order valence-corrected chi connectivity index (χ4v) is 1.37. The van der Waals surface area contributed by atoms with Crippen molar-refractivity contribution >= 4 is 11.9 Å². The maximum absolute atomic E-state index is 11.7. The van der Waals surface area contributed by atoms with E-state index in [0.29, 0.717) is 4.57 Å². The summed E-state index contributed by atoms with van der Waals surface area (Å²) < 4.78 is 0.621. The predicted molar refractivity (Wildman–Crippen MR) is 56.6 cm³/mol. The van der Waals surface area contributed by atoms with E-state index in [2.05, 4.69) is 0 Å². The van der Waals surface area contributed by atoms with E-state index < -0.39 is 40.5 Å². The molecule has 0 aliphatic rings. The number of H-pyrrole nitrogens is 1. The minimum absolute atomic E-state index is 0. The monoisotopic (exact) mass is 282 g/mol. The number of aromatic nitrogens is 2. The molecule has 0 radical (unpaired) electrons. The molecule has 1 rings (SSSR count). The van der Waals surface area contributed by atoms with Crippen LogP contribution in [0.1, 0.15) is 40.7 Å². The molecule has 1 aromatic heterocycles. The normalized spacial score (nSPS) is 9.42. The average Bonchev–Trinajstić information content (AvgIpc) is 2.14. The zero-order valence-electron chi connectivity index (χ0n) is 10.5. The Balaban J connectivity index is 0. The number of carbonyl (C=O) groups excluding carboxylic acids is 1. The van der Waals surface area contributed by atoms with Gasteiger partial charge in [-0.3, -0.25) is 9.36 Å². The second-order valence-corrected chi connectivity index (χ2v) is 3.54. The molecule has 19 heavy (non-hydrogen) atoms. The summed E-state index contributed by atoms with van der Waals surface area (Å²) in [6.45, 7) is 2.97. The van der Waals surface area contributed by atoms with Crippen molar-refractivity contribution in [3.8, 4) is 0 Å². The standard InChI is InChI=1S/C9H10N2O6.Na.H2O/c1-3(2)11-6(12)4(7(13)14)5(8(15)16)10-9(11)17;;/h3H,1-2H3,(H,10,17)(H,13,14)(H,15,16);;1H2/q;+1;/p-1. The van der Waals surface area contributed by atoms with Crippen LogP contribution < -0.4 is 45.9 Å². The van der Waals surface area contributed by atoms with E-state index in [1.165, 1.54) is 13.8 Å². The molecule has 1 aromatic rings. The molecule has 0 saturated carbocycles. The van der Waals surface area contributed by atoms with Crippen LogP contribution in [0.25, 0.3) is 0 Å². The van der Waals surface area contributed by atoms with Gasteiger partial charge in [-0.2, -0.15) is 0 Å². The number of carboxylic acids is 2. The van der Waals surface area contributed by atoms with E-state index in [4.69, 9.17) is 5.11 Å². The van der Waals surface area contributed by atoms with Gasteiger partial charge in [0.25, 0.3) is 5.56 Å². The summed E-state index contributed by atoms with van der Waals surface area (Å²) in [5, 5.41) is 19.4. The van der Waals surface area contributed by atoms with Gasteiger partial charge in [0.05, 0.1) is 11.7 Å². The van der Waals surface area contributed by atoms with Gasteiger partial charge in [0.2, 0.25) is 0 Å². The van der Waals surface area contributed by atoms with Crippen LogP contribution in [0.4, 0.5) is 0 Å². The predicted octanol–water partition coefficient (Wildman–Crippen LogP) is -5.64. The van der Waals surface area contributed by atoms with Gasteiger partial charge in [0, 0.05) is 6.04 Å². The first-order valence-corrected chi connectivity index (χ1v) is 4.60. The second-order valence-electron chi connectivity index (χ2n) is 3.54. The van der Waals surface area contributed by atoms with Crippen LogP contribution in [0.3, 0.4) is 0 Å². The smallest absolute Gasteiger partial charge is 0.543 e. The van der Waals surface area contributed by atoms with E-state index in [1.807, 2.05) is 4.98 Å². The minimum atomic E-state index is -1.92. The Bertz CT molecular complexity index is 602. The molecule has 100 valence electrons. The molecule has 0 aliphatic carbocycles. The van der Waals surface area contributed by atoms with E-state index >= 15 is 0 Å². The quantitative estimate of drug-likeness (QED) is 0.524. The van der Waals surface area contributed by atoms with E-state index in [1.54, 1.807) is 0 Å². The van der Waals surface area contributed by atoms with Gasteiger partial charge in [-0.15, -0.1) is 0 Å². The Morgan fingerprint density at radius 2 is 1.79 bits per heavy atom. The molecule has 0 bridgehead atoms. The van der Waals surface area contributed by atoms with Crippen LogP contribution in [0.5, 0.6) is 0 Å². The maximum atomic E-state index is 11.7. The average molecular weight is 282 g/mol. The number of nitrogens with one attached hydrogen (secondary N) is 1. The van der Waals surface area contributed by atoms with Gasteiger partial charge in [-0.1, -0.05) is 0 Å². The molecule has 0 unspecified atom stereocenters. The van der Waals surface area contributed by atoms with E-state index in [-0.39, 0.29) is 35.0 Å². The number of carboxylic acid groups (broad SMARTS) is 2.